The maximum atomic E-state index is 12.2. The molecule has 2 aromatic rings. The lowest BCUT2D eigenvalue weighted by molar-refractivity contribution is 0.0995. The van der Waals surface area contributed by atoms with Crippen molar-refractivity contribution in [2.75, 3.05) is 5.32 Å². The van der Waals surface area contributed by atoms with Crippen molar-refractivity contribution in [3.05, 3.63) is 47.2 Å². The van der Waals surface area contributed by atoms with Crippen LogP contribution in [0, 0.1) is 13.8 Å². The lowest BCUT2D eigenvalue weighted by Gasteiger charge is -2.09. The maximum absolute atomic E-state index is 12.2. The van der Waals surface area contributed by atoms with E-state index in [2.05, 4.69) is 10.3 Å². The van der Waals surface area contributed by atoms with Crippen LogP contribution in [0.3, 0.4) is 0 Å². The summed E-state index contributed by atoms with van der Waals surface area (Å²) >= 11 is 0. The highest BCUT2D eigenvalue weighted by atomic mass is 16.3. The minimum absolute atomic E-state index is 0.151. The van der Waals surface area contributed by atoms with Crippen LogP contribution >= 0.6 is 0 Å². The van der Waals surface area contributed by atoms with Gasteiger partial charge in [0.1, 0.15) is 0 Å². The smallest absolute Gasteiger partial charge is 0.293 e. The van der Waals surface area contributed by atoms with Gasteiger partial charge in [-0.1, -0.05) is 31.5 Å². The molecule has 0 aliphatic heterocycles. The summed E-state index contributed by atoms with van der Waals surface area (Å²) in [6.07, 6.45) is 1.31. The van der Waals surface area contributed by atoms with Crippen LogP contribution in [0.15, 0.2) is 29.0 Å². The van der Waals surface area contributed by atoms with E-state index in [9.17, 15) is 4.79 Å². The quantitative estimate of drug-likeness (QED) is 0.913. The first-order chi connectivity index (χ1) is 8.99. The number of rotatable bonds is 3. The number of benzene rings is 1. The minimum atomic E-state index is -0.256. The molecule has 4 nitrogen and oxygen atoms in total. The van der Waals surface area contributed by atoms with Gasteiger partial charge in [-0.15, -0.1) is 0 Å². The van der Waals surface area contributed by atoms with Gasteiger partial charge < -0.3 is 9.73 Å². The van der Waals surface area contributed by atoms with Crippen LogP contribution < -0.4 is 5.32 Å². The predicted molar refractivity (Wildman–Crippen MR) is 74.5 cm³/mol. The summed E-state index contributed by atoms with van der Waals surface area (Å²) in [4.78, 5) is 16.3. The highest BCUT2D eigenvalue weighted by molar-refractivity contribution is 6.03. The zero-order valence-corrected chi connectivity index (χ0v) is 11.7. The molecule has 0 radical (unpaired) electrons. The van der Waals surface area contributed by atoms with Crippen molar-refractivity contribution in [3.63, 3.8) is 0 Å². The number of aryl methyl sites for hydroxylation is 2. The molecule has 1 N–H and O–H groups in total. The van der Waals surface area contributed by atoms with Gasteiger partial charge in [0.15, 0.2) is 6.39 Å². The zero-order valence-electron chi connectivity index (χ0n) is 11.7. The van der Waals surface area contributed by atoms with E-state index in [1.54, 1.807) is 0 Å². The van der Waals surface area contributed by atoms with Crippen LogP contribution in [0.5, 0.6) is 0 Å². The third-order valence-electron chi connectivity index (χ3n) is 2.98. The van der Waals surface area contributed by atoms with E-state index in [0.717, 1.165) is 16.8 Å². The molecule has 0 saturated carbocycles. The van der Waals surface area contributed by atoms with Gasteiger partial charge in [0.25, 0.3) is 5.91 Å². The predicted octanol–water partition coefficient (Wildman–Crippen LogP) is 3.67. The molecule has 1 heterocycles. The number of hydrogen-bond acceptors (Lipinski definition) is 3. The number of amides is 1. The summed E-state index contributed by atoms with van der Waals surface area (Å²) in [5.74, 6) is 0.182. The Kier molecular flexibility index (Phi) is 3.69. The lowest BCUT2D eigenvalue weighted by atomic mass is 10.1. The third-order valence-corrected chi connectivity index (χ3v) is 2.98. The first-order valence-corrected chi connectivity index (χ1v) is 6.31. The molecule has 0 aliphatic rings. The fraction of sp³-hybridized carbons (Fsp3) is 0.333. The molecule has 1 aromatic carbocycles. The average molecular weight is 258 g/mol. The fourth-order valence-electron chi connectivity index (χ4n) is 1.97. The fourth-order valence-corrected chi connectivity index (χ4v) is 1.97. The Bertz CT molecular complexity index is 600. The number of hydrogen-bond donors (Lipinski definition) is 1. The van der Waals surface area contributed by atoms with Gasteiger partial charge in [-0.05, 0) is 31.4 Å². The van der Waals surface area contributed by atoms with Crippen molar-refractivity contribution in [2.45, 2.75) is 33.6 Å². The zero-order chi connectivity index (χ0) is 14.0. The second-order valence-corrected chi connectivity index (χ2v) is 4.99. The van der Waals surface area contributed by atoms with Crippen molar-refractivity contribution in [3.8, 4) is 0 Å². The standard InChI is InChI=1S/C15H18N2O2/c1-9(2)13-14(19-8-16-13)15(18)17-12-6-5-10(3)7-11(12)4/h5-9H,1-4H3,(H,17,18). The van der Waals surface area contributed by atoms with Gasteiger partial charge in [0, 0.05) is 5.69 Å². The van der Waals surface area contributed by atoms with Crippen LogP contribution in [0.25, 0.3) is 0 Å². The van der Waals surface area contributed by atoms with Crippen LogP contribution in [-0.2, 0) is 0 Å². The summed E-state index contributed by atoms with van der Waals surface area (Å²) in [6, 6.07) is 5.89. The van der Waals surface area contributed by atoms with E-state index >= 15 is 0 Å². The molecule has 0 unspecified atom stereocenters. The molecule has 2 rings (SSSR count). The summed E-state index contributed by atoms with van der Waals surface area (Å²) in [6.45, 7) is 7.94. The number of nitrogens with one attached hydrogen (secondary N) is 1. The average Bonchev–Trinajstić information content (AvgIpc) is 2.82. The number of carbonyl (C=O) groups excluding carboxylic acids is 1. The molecule has 0 atom stereocenters. The Morgan fingerprint density at radius 3 is 2.68 bits per heavy atom. The van der Waals surface area contributed by atoms with Gasteiger partial charge in [0.2, 0.25) is 5.76 Å². The summed E-state index contributed by atoms with van der Waals surface area (Å²) < 4.78 is 5.20. The van der Waals surface area contributed by atoms with E-state index in [4.69, 9.17) is 4.42 Å². The van der Waals surface area contributed by atoms with Crippen LogP contribution in [0.4, 0.5) is 5.69 Å². The molecule has 0 saturated heterocycles. The normalized spacial score (nSPS) is 10.8. The van der Waals surface area contributed by atoms with Gasteiger partial charge in [-0.3, -0.25) is 4.79 Å². The van der Waals surface area contributed by atoms with Crippen molar-refractivity contribution in [1.29, 1.82) is 0 Å². The molecule has 0 bridgehead atoms. The molecule has 100 valence electrons. The van der Waals surface area contributed by atoms with Gasteiger partial charge >= 0.3 is 0 Å². The van der Waals surface area contributed by atoms with Crippen molar-refractivity contribution in [2.24, 2.45) is 0 Å². The van der Waals surface area contributed by atoms with E-state index in [1.165, 1.54) is 6.39 Å². The van der Waals surface area contributed by atoms with Crippen LogP contribution in [-0.4, -0.2) is 10.9 Å². The summed E-state index contributed by atoms with van der Waals surface area (Å²) in [5.41, 5.74) is 3.67. The van der Waals surface area contributed by atoms with E-state index in [-0.39, 0.29) is 17.6 Å². The van der Waals surface area contributed by atoms with Crippen molar-refractivity contribution >= 4 is 11.6 Å². The lowest BCUT2D eigenvalue weighted by Crippen LogP contribution is -2.14. The second kappa shape index (κ2) is 5.26. The molecule has 1 amide bonds. The first kappa shape index (κ1) is 13.3. The highest BCUT2D eigenvalue weighted by Gasteiger charge is 2.19. The van der Waals surface area contributed by atoms with Gasteiger partial charge in [-0.25, -0.2) is 4.98 Å². The molecule has 4 heteroatoms. The number of carbonyl (C=O) groups is 1. The Morgan fingerprint density at radius 2 is 2.05 bits per heavy atom. The van der Waals surface area contributed by atoms with Crippen LogP contribution in [0.2, 0.25) is 0 Å². The molecule has 19 heavy (non-hydrogen) atoms. The highest BCUT2D eigenvalue weighted by Crippen LogP contribution is 2.21. The number of nitrogens with zero attached hydrogens (tertiary/aromatic N) is 1. The molecule has 0 spiro atoms. The molecular formula is C15H18N2O2. The number of anilines is 1. The Morgan fingerprint density at radius 1 is 1.32 bits per heavy atom. The number of oxazole rings is 1. The third kappa shape index (κ3) is 2.84. The largest absolute Gasteiger partial charge is 0.438 e. The maximum Gasteiger partial charge on any atom is 0.293 e. The Hall–Kier alpha value is -2.10. The number of aromatic nitrogens is 1. The molecular weight excluding hydrogens is 240 g/mol. The van der Waals surface area contributed by atoms with E-state index in [1.807, 2.05) is 45.9 Å². The second-order valence-electron chi connectivity index (χ2n) is 4.99. The SMILES string of the molecule is Cc1ccc(NC(=O)c2ocnc2C(C)C)c(C)c1. The monoisotopic (exact) mass is 258 g/mol. The summed E-state index contributed by atoms with van der Waals surface area (Å²) in [5, 5.41) is 2.86. The van der Waals surface area contributed by atoms with Crippen LogP contribution in [0.1, 0.15) is 47.1 Å². The molecule has 1 aromatic heterocycles. The first-order valence-electron chi connectivity index (χ1n) is 6.31. The topological polar surface area (TPSA) is 55.1 Å². The van der Waals surface area contributed by atoms with Gasteiger partial charge in [-0.2, -0.15) is 0 Å². The Labute approximate surface area is 112 Å². The molecule has 0 aliphatic carbocycles. The Balaban J connectivity index is 2.23. The minimum Gasteiger partial charge on any atom is -0.438 e. The molecule has 0 fully saturated rings. The van der Waals surface area contributed by atoms with Gasteiger partial charge in [0.05, 0.1) is 5.69 Å². The van der Waals surface area contributed by atoms with E-state index in [0.29, 0.717) is 5.69 Å². The van der Waals surface area contributed by atoms with Crippen molar-refractivity contribution in [1.82, 2.24) is 4.98 Å². The van der Waals surface area contributed by atoms with Crippen molar-refractivity contribution < 1.29 is 9.21 Å². The summed E-state index contributed by atoms with van der Waals surface area (Å²) in [7, 11) is 0. The van der Waals surface area contributed by atoms with E-state index < -0.39 is 0 Å².